The lowest BCUT2D eigenvalue weighted by Gasteiger charge is -2.24. The summed E-state index contributed by atoms with van der Waals surface area (Å²) in [4.78, 5) is 12.0. The molecule has 0 aliphatic rings. The van der Waals surface area contributed by atoms with Crippen molar-refractivity contribution in [1.29, 1.82) is 5.26 Å². The maximum absolute atomic E-state index is 11.7. The smallest absolute Gasteiger partial charge is 0.311 e. The van der Waals surface area contributed by atoms with Gasteiger partial charge in [0.05, 0.1) is 16.9 Å². The zero-order valence-corrected chi connectivity index (χ0v) is 12.9. The average Bonchev–Trinajstić information content (AvgIpc) is 2.42. The zero-order valence-electron chi connectivity index (χ0n) is 12.1. The lowest BCUT2D eigenvalue weighted by atomic mass is 10.1. The molecule has 21 heavy (non-hydrogen) atoms. The molecule has 8 heteroatoms. The van der Waals surface area contributed by atoms with Gasteiger partial charge in [0.15, 0.2) is 9.84 Å². The molecule has 1 aromatic carbocycles. The van der Waals surface area contributed by atoms with Crippen molar-refractivity contribution in [2.24, 2.45) is 5.92 Å². The molecular weight excluding hydrogens is 294 g/mol. The molecule has 0 saturated heterocycles. The van der Waals surface area contributed by atoms with Crippen LogP contribution in [0.3, 0.4) is 0 Å². The van der Waals surface area contributed by atoms with E-state index < -0.39 is 20.4 Å². The summed E-state index contributed by atoms with van der Waals surface area (Å²) in [6.45, 7) is 4.22. The van der Waals surface area contributed by atoms with Crippen LogP contribution in [-0.4, -0.2) is 32.7 Å². The van der Waals surface area contributed by atoms with Gasteiger partial charge in [-0.3, -0.25) is 10.1 Å². The second-order valence-corrected chi connectivity index (χ2v) is 6.71. The molecule has 0 saturated carbocycles. The zero-order chi connectivity index (χ0) is 16.2. The van der Waals surface area contributed by atoms with Crippen molar-refractivity contribution < 1.29 is 13.3 Å². The monoisotopic (exact) mass is 311 g/mol. The van der Waals surface area contributed by atoms with E-state index in [9.17, 15) is 18.5 Å². The highest BCUT2D eigenvalue weighted by Crippen LogP contribution is 2.34. The minimum Gasteiger partial charge on any atom is -0.365 e. The van der Waals surface area contributed by atoms with Crippen molar-refractivity contribution in [3.63, 3.8) is 0 Å². The summed E-state index contributed by atoms with van der Waals surface area (Å²) in [6, 6.07) is 6.26. The second-order valence-electron chi connectivity index (χ2n) is 4.72. The Morgan fingerprint density at radius 1 is 1.48 bits per heavy atom. The molecule has 7 nitrogen and oxygen atoms in total. The number of rotatable bonds is 6. The Bertz CT molecular complexity index is 679. The molecule has 1 unspecified atom stereocenters. The van der Waals surface area contributed by atoms with Gasteiger partial charge in [0.25, 0.3) is 0 Å². The van der Waals surface area contributed by atoms with E-state index in [0.29, 0.717) is 13.1 Å². The number of hydrogen-bond donors (Lipinski definition) is 0. The summed E-state index contributed by atoms with van der Waals surface area (Å²) in [6.07, 6.45) is 0.938. The minimum atomic E-state index is -3.71. The van der Waals surface area contributed by atoms with Gasteiger partial charge in [-0.05, 0) is 26.0 Å². The van der Waals surface area contributed by atoms with E-state index in [4.69, 9.17) is 5.26 Å². The molecule has 0 N–H and O–H groups in total. The highest BCUT2D eigenvalue weighted by Gasteiger charge is 2.28. The van der Waals surface area contributed by atoms with Crippen LogP contribution in [0.25, 0.3) is 0 Å². The van der Waals surface area contributed by atoms with Crippen LogP contribution in [0.15, 0.2) is 23.1 Å². The molecule has 0 aromatic heterocycles. The van der Waals surface area contributed by atoms with Crippen molar-refractivity contribution >= 4 is 21.2 Å². The van der Waals surface area contributed by atoms with E-state index >= 15 is 0 Å². The Morgan fingerprint density at radius 2 is 2.10 bits per heavy atom. The molecule has 0 spiro atoms. The third kappa shape index (κ3) is 3.92. The summed E-state index contributed by atoms with van der Waals surface area (Å²) in [7, 11) is -3.71. The number of hydrogen-bond acceptors (Lipinski definition) is 6. The Hall–Kier alpha value is -2.14. The molecule has 0 bridgehead atoms. The Kier molecular flexibility index (Phi) is 5.27. The number of anilines is 1. The molecule has 0 fully saturated rings. The quantitative estimate of drug-likeness (QED) is 0.587. The fourth-order valence-corrected chi connectivity index (χ4v) is 2.87. The Morgan fingerprint density at radius 3 is 2.52 bits per heavy atom. The SMILES string of the molecule is CCN(CC(C)C#N)c1cccc(S(C)(=O)=O)c1[N+](=O)[O-]. The van der Waals surface area contributed by atoms with Crippen molar-refractivity contribution in [2.75, 3.05) is 24.2 Å². The number of para-hydroxylation sites is 1. The van der Waals surface area contributed by atoms with E-state index in [1.54, 1.807) is 18.7 Å². The van der Waals surface area contributed by atoms with E-state index in [1.807, 2.05) is 0 Å². The fraction of sp³-hybridized carbons (Fsp3) is 0.462. The van der Waals surface area contributed by atoms with Crippen molar-refractivity contribution in [2.45, 2.75) is 18.7 Å². The van der Waals surface area contributed by atoms with Gasteiger partial charge in [-0.1, -0.05) is 6.07 Å². The topological polar surface area (TPSA) is 104 Å². The van der Waals surface area contributed by atoms with Gasteiger partial charge in [-0.2, -0.15) is 5.26 Å². The van der Waals surface area contributed by atoms with Crippen LogP contribution in [0.2, 0.25) is 0 Å². The summed E-state index contributed by atoms with van der Waals surface area (Å²) >= 11 is 0. The van der Waals surface area contributed by atoms with Gasteiger partial charge in [-0.15, -0.1) is 0 Å². The van der Waals surface area contributed by atoms with Crippen LogP contribution >= 0.6 is 0 Å². The summed E-state index contributed by atoms with van der Waals surface area (Å²) in [5.41, 5.74) is -0.223. The minimum absolute atomic E-state index is 0.215. The highest BCUT2D eigenvalue weighted by atomic mass is 32.2. The average molecular weight is 311 g/mol. The van der Waals surface area contributed by atoms with Gasteiger partial charge >= 0.3 is 5.69 Å². The van der Waals surface area contributed by atoms with Crippen LogP contribution in [0.4, 0.5) is 11.4 Å². The van der Waals surface area contributed by atoms with Gasteiger partial charge in [0.1, 0.15) is 10.6 Å². The van der Waals surface area contributed by atoms with Gasteiger partial charge in [0, 0.05) is 19.3 Å². The van der Waals surface area contributed by atoms with Crippen molar-refractivity contribution in [3.05, 3.63) is 28.3 Å². The summed E-state index contributed by atoms with van der Waals surface area (Å²) in [5.74, 6) is -0.327. The first-order valence-electron chi connectivity index (χ1n) is 6.34. The molecule has 0 amide bonds. The largest absolute Gasteiger partial charge is 0.365 e. The fourth-order valence-electron chi connectivity index (χ4n) is 2.02. The molecule has 1 rings (SSSR count). The molecule has 114 valence electrons. The molecule has 1 aromatic rings. The summed E-state index contributed by atoms with van der Waals surface area (Å²) < 4.78 is 23.4. The third-order valence-corrected chi connectivity index (χ3v) is 4.13. The maximum atomic E-state index is 11.7. The Balaban J connectivity index is 3.49. The molecule has 1 atom stereocenters. The third-order valence-electron chi connectivity index (χ3n) is 3.00. The van der Waals surface area contributed by atoms with Gasteiger partial charge in [0.2, 0.25) is 0 Å². The maximum Gasteiger partial charge on any atom is 0.311 e. The predicted molar refractivity (Wildman–Crippen MR) is 78.9 cm³/mol. The first kappa shape index (κ1) is 16.9. The Labute approximate surface area is 123 Å². The van der Waals surface area contributed by atoms with E-state index in [0.717, 1.165) is 6.26 Å². The molecule has 0 aliphatic carbocycles. The second kappa shape index (κ2) is 6.54. The van der Waals surface area contributed by atoms with Crippen LogP contribution < -0.4 is 4.90 Å². The number of nitro groups is 1. The number of sulfone groups is 1. The lowest BCUT2D eigenvalue weighted by Crippen LogP contribution is -2.28. The molecule has 0 heterocycles. The van der Waals surface area contributed by atoms with Crippen LogP contribution in [0, 0.1) is 27.4 Å². The normalized spacial score (nSPS) is 12.5. The van der Waals surface area contributed by atoms with Crippen LogP contribution in [-0.2, 0) is 9.84 Å². The highest BCUT2D eigenvalue weighted by molar-refractivity contribution is 7.90. The first-order chi connectivity index (χ1) is 9.72. The standard InChI is InChI=1S/C13H17N3O4S/c1-4-15(9-10(2)8-14)11-6-5-7-12(21(3,19)20)13(11)16(17)18/h5-7,10H,4,9H2,1-3H3. The van der Waals surface area contributed by atoms with E-state index in [-0.39, 0.29) is 16.5 Å². The van der Waals surface area contributed by atoms with E-state index in [2.05, 4.69) is 6.07 Å². The summed E-state index contributed by atoms with van der Waals surface area (Å²) in [5, 5.41) is 20.2. The molecular formula is C13H17N3O4S. The number of nitrogens with zero attached hydrogens (tertiary/aromatic N) is 3. The predicted octanol–water partition coefficient (Wildman–Crippen LogP) is 1.98. The van der Waals surface area contributed by atoms with Crippen LogP contribution in [0.5, 0.6) is 0 Å². The van der Waals surface area contributed by atoms with Gasteiger partial charge < -0.3 is 4.90 Å². The molecule has 0 aliphatic heterocycles. The first-order valence-corrected chi connectivity index (χ1v) is 8.23. The number of nitriles is 1. The van der Waals surface area contributed by atoms with Gasteiger partial charge in [-0.25, -0.2) is 8.42 Å². The van der Waals surface area contributed by atoms with Crippen molar-refractivity contribution in [3.8, 4) is 6.07 Å². The lowest BCUT2D eigenvalue weighted by molar-refractivity contribution is -0.387. The number of benzene rings is 1. The van der Waals surface area contributed by atoms with Crippen LogP contribution in [0.1, 0.15) is 13.8 Å². The molecule has 0 radical (unpaired) electrons. The van der Waals surface area contributed by atoms with E-state index in [1.165, 1.54) is 18.2 Å². The van der Waals surface area contributed by atoms with Crippen molar-refractivity contribution in [1.82, 2.24) is 0 Å². The number of nitro benzene ring substituents is 1.